The van der Waals surface area contributed by atoms with Crippen LogP contribution < -0.4 is 47.4 Å². The van der Waals surface area contributed by atoms with Crippen LogP contribution >= 0.6 is 0 Å². The molecule has 288 valence electrons. The number of methoxy groups -OCH3 is 7. The molecule has 4 aromatic rings. The zero-order valence-electron chi connectivity index (χ0n) is 32.6. The van der Waals surface area contributed by atoms with Gasteiger partial charge in [-0.3, -0.25) is 9.80 Å². The van der Waals surface area contributed by atoms with Gasteiger partial charge in [0, 0.05) is 41.9 Å². The lowest BCUT2D eigenvalue weighted by molar-refractivity contribution is 0.169. The van der Waals surface area contributed by atoms with Gasteiger partial charge in [-0.05, 0) is 86.8 Å². The van der Waals surface area contributed by atoms with Crippen molar-refractivity contribution in [3.63, 3.8) is 0 Å². The highest BCUT2D eigenvalue weighted by Gasteiger charge is 2.35. The molecular formula is C42H50N2O10. The fourth-order valence-corrected chi connectivity index (χ4v) is 8.23. The number of benzene rings is 4. The second-order valence-electron chi connectivity index (χ2n) is 13.7. The fourth-order valence-electron chi connectivity index (χ4n) is 8.23. The molecule has 0 bridgehead atoms. The van der Waals surface area contributed by atoms with Crippen LogP contribution in [0.2, 0.25) is 0 Å². The molecule has 0 fully saturated rings. The summed E-state index contributed by atoms with van der Waals surface area (Å²) >= 11 is 0. The summed E-state index contributed by atoms with van der Waals surface area (Å²) in [6, 6.07) is 14.5. The van der Waals surface area contributed by atoms with Crippen LogP contribution in [0.4, 0.5) is 0 Å². The average molecular weight is 743 g/mol. The Balaban J connectivity index is 1.19. The highest BCUT2D eigenvalue weighted by atomic mass is 16.7. The van der Waals surface area contributed by atoms with Crippen molar-refractivity contribution in [2.45, 2.75) is 37.8 Å². The zero-order chi connectivity index (χ0) is 38.1. The van der Waals surface area contributed by atoms with Crippen molar-refractivity contribution in [3.05, 3.63) is 75.8 Å². The lowest BCUT2D eigenvalue weighted by Gasteiger charge is -2.36. The lowest BCUT2D eigenvalue weighted by Crippen LogP contribution is -2.34. The molecule has 3 heterocycles. The van der Waals surface area contributed by atoms with Crippen LogP contribution in [0.15, 0.2) is 42.5 Å². The summed E-state index contributed by atoms with van der Waals surface area (Å²) in [5, 5.41) is 0. The van der Waals surface area contributed by atoms with Gasteiger partial charge in [0.05, 0.1) is 49.8 Å². The molecule has 0 spiro atoms. The molecule has 3 aliphatic rings. The lowest BCUT2D eigenvalue weighted by atomic mass is 9.87. The van der Waals surface area contributed by atoms with Crippen molar-refractivity contribution in [2.75, 3.05) is 83.7 Å². The van der Waals surface area contributed by atoms with Gasteiger partial charge in [-0.15, -0.1) is 0 Å². The molecule has 0 amide bonds. The van der Waals surface area contributed by atoms with E-state index in [1.54, 1.807) is 49.8 Å². The maximum Gasteiger partial charge on any atom is 0.231 e. The zero-order valence-corrected chi connectivity index (χ0v) is 32.6. The summed E-state index contributed by atoms with van der Waals surface area (Å²) in [4.78, 5) is 4.71. The van der Waals surface area contributed by atoms with Crippen LogP contribution in [-0.2, 0) is 25.7 Å². The minimum atomic E-state index is -0.0373. The molecule has 2 atom stereocenters. The molecule has 0 unspecified atom stereocenters. The average Bonchev–Trinajstić information content (AvgIpc) is 3.69. The summed E-state index contributed by atoms with van der Waals surface area (Å²) in [5.74, 6) is 6.80. The van der Waals surface area contributed by atoms with Crippen molar-refractivity contribution in [2.24, 2.45) is 0 Å². The first-order chi connectivity index (χ1) is 26.3. The second-order valence-corrected chi connectivity index (χ2v) is 13.7. The minimum Gasteiger partial charge on any atom is -0.493 e. The summed E-state index contributed by atoms with van der Waals surface area (Å²) in [7, 11) is 15.7. The molecule has 54 heavy (non-hydrogen) atoms. The number of nitrogens with zero attached hydrogens (tertiary/aromatic N) is 2. The van der Waals surface area contributed by atoms with Gasteiger partial charge in [0.15, 0.2) is 34.5 Å². The third-order valence-corrected chi connectivity index (χ3v) is 11.0. The summed E-state index contributed by atoms with van der Waals surface area (Å²) in [6.45, 7) is 1.96. The SMILES string of the molecule is COc1cc2c(c(OC)c1OC)CCN(C)[C@H]2Cc1cc(Oc2ccc(C[C@H]3c4cc(OC)c5c(c4CCN3C)OCO5)cc2)c(OC)c(OC)c1OC. The Morgan fingerprint density at radius 2 is 1.11 bits per heavy atom. The van der Waals surface area contributed by atoms with Gasteiger partial charge >= 0.3 is 0 Å². The first-order valence-electron chi connectivity index (χ1n) is 18.1. The van der Waals surface area contributed by atoms with E-state index in [-0.39, 0.29) is 18.9 Å². The van der Waals surface area contributed by atoms with Crippen LogP contribution in [0.5, 0.6) is 63.2 Å². The van der Waals surface area contributed by atoms with Gasteiger partial charge in [-0.2, -0.15) is 0 Å². The van der Waals surface area contributed by atoms with Gasteiger partial charge in [-0.1, -0.05) is 12.1 Å². The van der Waals surface area contributed by atoms with E-state index in [0.717, 1.165) is 54.8 Å². The van der Waals surface area contributed by atoms with Gasteiger partial charge in [0.2, 0.25) is 29.8 Å². The Labute approximate surface area is 317 Å². The highest BCUT2D eigenvalue weighted by Crippen LogP contribution is 2.52. The second kappa shape index (κ2) is 15.6. The molecule has 0 radical (unpaired) electrons. The topological polar surface area (TPSA) is 98.8 Å². The molecule has 0 aliphatic carbocycles. The number of ether oxygens (including phenoxy) is 10. The van der Waals surface area contributed by atoms with Gasteiger partial charge in [0.1, 0.15) is 5.75 Å². The minimum absolute atomic E-state index is 0.0373. The predicted molar refractivity (Wildman–Crippen MR) is 203 cm³/mol. The van der Waals surface area contributed by atoms with Crippen LogP contribution in [-0.4, -0.2) is 93.5 Å². The third-order valence-electron chi connectivity index (χ3n) is 11.0. The number of rotatable bonds is 13. The number of fused-ring (bicyclic) bond motifs is 4. The van der Waals surface area contributed by atoms with Crippen LogP contribution in [0.25, 0.3) is 0 Å². The van der Waals surface area contributed by atoms with Gasteiger partial charge < -0.3 is 47.4 Å². The summed E-state index contributed by atoms with van der Waals surface area (Å²) in [6.07, 6.45) is 3.08. The van der Waals surface area contributed by atoms with Gasteiger partial charge in [-0.25, -0.2) is 0 Å². The smallest absolute Gasteiger partial charge is 0.231 e. The van der Waals surface area contributed by atoms with Crippen molar-refractivity contribution in [1.29, 1.82) is 0 Å². The quantitative estimate of drug-likeness (QED) is 0.144. The predicted octanol–water partition coefficient (Wildman–Crippen LogP) is 6.81. The largest absolute Gasteiger partial charge is 0.493 e. The van der Waals surface area contributed by atoms with E-state index in [1.165, 1.54) is 16.7 Å². The Morgan fingerprint density at radius 3 is 1.74 bits per heavy atom. The van der Waals surface area contributed by atoms with E-state index >= 15 is 0 Å². The van der Waals surface area contributed by atoms with Crippen molar-refractivity contribution in [1.82, 2.24) is 9.80 Å². The molecule has 4 aromatic carbocycles. The van der Waals surface area contributed by atoms with Gasteiger partial charge in [0.25, 0.3) is 0 Å². The normalized spacial score (nSPS) is 17.6. The number of hydrogen-bond acceptors (Lipinski definition) is 12. The third kappa shape index (κ3) is 6.51. The maximum atomic E-state index is 6.59. The molecule has 0 saturated heterocycles. The van der Waals surface area contributed by atoms with Crippen LogP contribution in [0.3, 0.4) is 0 Å². The summed E-state index contributed by atoms with van der Waals surface area (Å²) in [5.41, 5.74) is 6.67. The highest BCUT2D eigenvalue weighted by molar-refractivity contribution is 5.65. The molecule has 0 N–H and O–H groups in total. The standard InChI is InChI=1S/C42H50N2O10/c1-43-17-15-28-30(22-34(46-4)41-38(28)52-23-53-41)31(43)18-24-10-12-26(13-11-24)54-35-20-25(36(47-5)42(51-9)40(35)50-8)19-32-29-21-33(45-3)39(49-7)37(48-6)27(29)14-16-44(32)2/h10-13,20-22,31-32H,14-19,23H2,1-9H3/t31-,32-/m0/s1. The van der Waals surface area contributed by atoms with Crippen molar-refractivity contribution >= 4 is 0 Å². The Morgan fingerprint density at radius 1 is 0.556 bits per heavy atom. The molecule has 12 nitrogen and oxygen atoms in total. The molecule has 12 heteroatoms. The van der Waals surface area contributed by atoms with E-state index < -0.39 is 0 Å². The van der Waals surface area contributed by atoms with E-state index in [1.807, 2.05) is 18.2 Å². The van der Waals surface area contributed by atoms with Crippen LogP contribution in [0, 0.1) is 0 Å². The van der Waals surface area contributed by atoms with E-state index in [0.29, 0.717) is 63.9 Å². The molecule has 3 aliphatic heterocycles. The number of likely N-dealkylation sites (N-methyl/N-ethyl adjacent to an activating group) is 2. The maximum absolute atomic E-state index is 6.59. The molecule has 7 rings (SSSR count). The Hall–Kier alpha value is -5.20. The monoisotopic (exact) mass is 742 g/mol. The van der Waals surface area contributed by atoms with E-state index in [2.05, 4.69) is 48.2 Å². The molecule has 0 saturated carbocycles. The first-order valence-corrected chi connectivity index (χ1v) is 18.1. The van der Waals surface area contributed by atoms with E-state index in [4.69, 9.17) is 47.4 Å². The Bertz CT molecular complexity index is 2000. The van der Waals surface area contributed by atoms with Crippen molar-refractivity contribution in [3.8, 4) is 63.2 Å². The van der Waals surface area contributed by atoms with E-state index in [9.17, 15) is 0 Å². The summed E-state index contributed by atoms with van der Waals surface area (Å²) < 4.78 is 59.1. The number of hydrogen-bond donors (Lipinski definition) is 0. The fraction of sp³-hybridized carbons (Fsp3) is 0.429. The molecule has 0 aromatic heterocycles. The Kier molecular flexibility index (Phi) is 10.8. The molecular weight excluding hydrogens is 692 g/mol. The van der Waals surface area contributed by atoms with Crippen LogP contribution in [0.1, 0.15) is 45.5 Å². The van der Waals surface area contributed by atoms with Crippen molar-refractivity contribution < 1.29 is 47.4 Å². The first kappa shape index (κ1) is 37.1.